The summed E-state index contributed by atoms with van der Waals surface area (Å²) in [5.74, 6) is -0.0563. The van der Waals surface area contributed by atoms with E-state index in [0.29, 0.717) is 0 Å². The third-order valence-corrected chi connectivity index (χ3v) is 13.6. The minimum atomic E-state index is -1.23. The molecule has 45 heavy (non-hydrogen) atoms. The summed E-state index contributed by atoms with van der Waals surface area (Å²) in [6.07, 6.45) is 1.61. The second-order valence-corrected chi connectivity index (χ2v) is 17.3. The molecular weight excluding hydrogens is 590 g/mol. The summed E-state index contributed by atoms with van der Waals surface area (Å²) < 4.78 is 0. The van der Waals surface area contributed by atoms with Gasteiger partial charge in [0.1, 0.15) is 5.41 Å². The topological polar surface area (TPSA) is 58.2 Å². The number of rotatable bonds is 14. The molecule has 0 heterocycles. The van der Waals surface area contributed by atoms with Gasteiger partial charge < -0.3 is 10.6 Å². The Morgan fingerprint density at radius 1 is 0.511 bits per heavy atom. The van der Waals surface area contributed by atoms with Crippen LogP contribution in [-0.2, 0) is 9.59 Å². The molecule has 0 saturated heterocycles. The van der Waals surface area contributed by atoms with E-state index in [1.165, 1.54) is 21.2 Å². The quantitative estimate of drug-likeness (QED) is 0.122. The molecule has 0 aliphatic carbocycles. The van der Waals surface area contributed by atoms with Crippen LogP contribution >= 0.6 is 15.8 Å². The lowest BCUT2D eigenvalue weighted by Gasteiger charge is -2.34. The van der Waals surface area contributed by atoms with Crippen LogP contribution in [0.1, 0.15) is 41.5 Å². The van der Waals surface area contributed by atoms with Gasteiger partial charge in [0.05, 0.1) is 0 Å². The predicted molar refractivity (Wildman–Crippen MR) is 195 cm³/mol. The Labute approximate surface area is 272 Å². The lowest BCUT2D eigenvalue weighted by molar-refractivity contribution is -0.142. The molecule has 4 nitrogen and oxygen atoms in total. The zero-order chi connectivity index (χ0) is 32.4. The highest BCUT2D eigenvalue weighted by molar-refractivity contribution is 7.73. The van der Waals surface area contributed by atoms with Gasteiger partial charge in [0, 0.05) is 12.1 Å². The predicted octanol–water partition coefficient (Wildman–Crippen LogP) is 6.56. The number of nitrogens with one attached hydrogen (secondary N) is 2. The van der Waals surface area contributed by atoms with Crippen molar-refractivity contribution in [3.05, 3.63) is 121 Å². The first-order valence-electron chi connectivity index (χ1n) is 15.9. The molecule has 4 rings (SSSR count). The molecule has 0 fully saturated rings. The second kappa shape index (κ2) is 16.3. The van der Waals surface area contributed by atoms with Crippen molar-refractivity contribution < 1.29 is 9.59 Å². The smallest absolute Gasteiger partial charge is 0.235 e. The summed E-state index contributed by atoms with van der Waals surface area (Å²) in [7, 11) is -1.39. The van der Waals surface area contributed by atoms with Gasteiger partial charge in [-0.05, 0) is 75.1 Å². The number of benzene rings is 4. The highest BCUT2D eigenvalue weighted by Crippen LogP contribution is 2.37. The third-order valence-electron chi connectivity index (χ3n) is 8.41. The van der Waals surface area contributed by atoms with Crippen LogP contribution < -0.4 is 31.9 Å². The Bertz CT molecular complexity index is 1290. The van der Waals surface area contributed by atoms with Gasteiger partial charge in [0.25, 0.3) is 0 Å². The summed E-state index contributed by atoms with van der Waals surface area (Å²) >= 11 is 0. The standard InChI is InChI=1S/C39H48N2O2P2/c1-29(2)35(27-44(31-19-11-7-12-20-31)32-21-13-8-14-22-32)40-37(42)39(5,6)38(43)41-36(30(3)4)28-45(33-23-15-9-16-24-33)34-25-17-10-18-26-34/h7-26,29-30,35-36H,27-28H2,1-6H3,(H,40,42)(H,41,43)/t35-,36-/m1/s1. The summed E-state index contributed by atoms with van der Waals surface area (Å²) in [6, 6.07) is 42.1. The molecule has 0 radical (unpaired) electrons. The van der Waals surface area contributed by atoms with Crippen molar-refractivity contribution in [1.29, 1.82) is 0 Å². The Morgan fingerprint density at radius 2 is 0.756 bits per heavy atom. The van der Waals surface area contributed by atoms with Gasteiger partial charge in [-0.3, -0.25) is 9.59 Å². The molecule has 2 amide bonds. The maximum Gasteiger partial charge on any atom is 0.235 e. The first-order valence-corrected chi connectivity index (χ1v) is 19.0. The molecule has 0 unspecified atom stereocenters. The Balaban J connectivity index is 1.51. The van der Waals surface area contributed by atoms with Crippen LogP contribution in [0.25, 0.3) is 0 Å². The van der Waals surface area contributed by atoms with E-state index in [0.717, 1.165) is 12.3 Å². The lowest BCUT2D eigenvalue weighted by Crippen LogP contribution is -2.55. The number of hydrogen-bond acceptors (Lipinski definition) is 2. The van der Waals surface area contributed by atoms with E-state index in [1.54, 1.807) is 13.8 Å². The van der Waals surface area contributed by atoms with E-state index < -0.39 is 21.3 Å². The molecule has 0 bridgehead atoms. The fourth-order valence-corrected chi connectivity index (χ4v) is 10.6. The van der Waals surface area contributed by atoms with Crippen molar-refractivity contribution in [2.75, 3.05) is 12.3 Å². The maximum absolute atomic E-state index is 13.9. The number of carbonyl (C=O) groups excluding carboxylic acids is 2. The Hall–Kier alpha value is -3.32. The third kappa shape index (κ3) is 9.35. The molecule has 0 aromatic heterocycles. The number of carbonyl (C=O) groups is 2. The minimum Gasteiger partial charge on any atom is -0.352 e. The van der Waals surface area contributed by atoms with E-state index >= 15 is 0 Å². The monoisotopic (exact) mass is 638 g/mol. The zero-order valence-electron chi connectivity index (χ0n) is 27.5. The average molecular weight is 639 g/mol. The molecule has 4 aromatic rings. The van der Waals surface area contributed by atoms with Crippen LogP contribution in [0.5, 0.6) is 0 Å². The van der Waals surface area contributed by atoms with Crippen molar-refractivity contribution in [3.8, 4) is 0 Å². The van der Waals surface area contributed by atoms with Gasteiger partial charge in [0.15, 0.2) is 0 Å². The van der Waals surface area contributed by atoms with Gasteiger partial charge in [0.2, 0.25) is 11.8 Å². The summed E-state index contributed by atoms with van der Waals surface area (Å²) in [5, 5.41) is 11.8. The van der Waals surface area contributed by atoms with Gasteiger partial charge in [-0.25, -0.2) is 0 Å². The first kappa shape index (κ1) is 34.6. The van der Waals surface area contributed by atoms with Crippen LogP contribution in [0.15, 0.2) is 121 Å². The largest absolute Gasteiger partial charge is 0.352 e. The molecular formula is C39H48N2O2P2. The van der Waals surface area contributed by atoms with Crippen LogP contribution in [0.4, 0.5) is 0 Å². The Morgan fingerprint density at radius 3 is 0.978 bits per heavy atom. The van der Waals surface area contributed by atoms with Gasteiger partial charge >= 0.3 is 0 Å². The first-order chi connectivity index (χ1) is 21.6. The van der Waals surface area contributed by atoms with E-state index in [9.17, 15) is 9.59 Å². The highest BCUT2D eigenvalue weighted by atomic mass is 31.1. The van der Waals surface area contributed by atoms with Gasteiger partial charge in [-0.1, -0.05) is 149 Å². The molecule has 0 spiro atoms. The van der Waals surface area contributed by atoms with Crippen molar-refractivity contribution in [2.24, 2.45) is 17.3 Å². The fourth-order valence-electron chi connectivity index (χ4n) is 5.19. The van der Waals surface area contributed by atoms with Crippen LogP contribution in [0, 0.1) is 17.3 Å². The SMILES string of the molecule is CC(C)[C@@H](CP(c1ccccc1)c1ccccc1)NC(=O)C(C)(C)C(=O)N[C@H](CP(c1ccccc1)c1ccccc1)C(C)C. The van der Waals surface area contributed by atoms with Crippen LogP contribution in [-0.4, -0.2) is 36.2 Å². The highest BCUT2D eigenvalue weighted by Gasteiger charge is 2.39. The molecule has 2 atom stereocenters. The number of amides is 2. The van der Waals surface area contributed by atoms with E-state index in [-0.39, 0.29) is 35.7 Å². The molecule has 2 N–H and O–H groups in total. The van der Waals surface area contributed by atoms with E-state index in [4.69, 9.17) is 0 Å². The van der Waals surface area contributed by atoms with Crippen molar-refractivity contribution in [1.82, 2.24) is 10.6 Å². The molecule has 0 saturated carbocycles. The van der Waals surface area contributed by atoms with Crippen LogP contribution in [0.2, 0.25) is 0 Å². The van der Waals surface area contributed by atoms with Crippen molar-refractivity contribution in [2.45, 2.75) is 53.6 Å². The summed E-state index contributed by atoms with van der Waals surface area (Å²) in [6.45, 7) is 12.1. The number of hydrogen-bond donors (Lipinski definition) is 2. The lowest BCUT2D eigenvalue weighted by atomic mass is 9.89. The van der Waals surface area contributed by atoms with E-state index in [2.05, 4.69) is 135 Å². The molecule has 0 aliphatic rings. The van der Waals surface area contributed by atoms with E-state index in [1.807, 2.05) is 24.3 Å². The molecule has 0 aliphatic heterocycles. The average Bonchev–Trinajstić information content (AvgIpc) is 3.06. The zero-order valence-corrected chi connectivity index (χ0v) is 29.3. The summed E-state index contributed by atoms with van der Waals surface area (Å²) in [4.78, 5) is 27.9. The minimum absolute atomic E-state index is 0.0824. The fraction of sp³-hybridized carbons (Fsp3) is 0.333. The molecule has 6 heteroatoms. The second-order valence-electron chi connectivity index (χ2n) is 12.8. The van der Waals surface area contributed by atoms with Crippen LogP contribution in [0.3, 0.4) is 0 Å². The molecule has 236 valence electrons. The molecule has 4 aromatic carbocycles. The van der Waals surface area contributed by atoms with Gasteiger partial charge in [-0.2, -0.15) is 0 Å². The van der Waals surface area contributed by atoms with Gasteiger partial charge in [-0.15, -0.1) is 0 Å². The summed E-state index contributed by atoms with van der Waals surface area (Å²) in [5.41, 5.74) is -1.23. The normalized spacial score (nSPS) is 13.2. The van der Waals surface area contributed by atoms with Crippen molar-refractivity contribution in [3.63, 3.8) is 0 Å². The Kier molecular flexibility index (Phi) is 12.5. The van der Waals surface area contributed by atoms with Crippen molar-refractivity contribution >= 4 is 48.9 Å². The maximum atomic E-state index is 13.9.